The maximum atomic E-state index is 12.5. The van der Waals surface area contributed by atoms with E-state index in [-0.39, 0.29) is 0 Å². The molecule has 1 heterocycles. The Labute approximate surface area is 202 Å². The molecule has 0 radical (unpaired) electrons. The molecule has 0 aliphatic carbocycles. The van der Waals surface area contributed by atoms with Crippen LogP contribution in [0.3, 0.4) is 0 Å². The number of aryl methyl sites for hydroxylation is 1. The smallest absolute Gasteiger partial charge is 0.144 e. The summed E-state index contributed by atoms with van der Waals surface area (Å²) in [6.45, 7) is 8.04. The molecule has 0 amide bonds. The van der Waals surface area contributed by atoms with Gasteiger partial charge in [-0.25, -0.2) is 0 Å². The molecule has 5 atom stereocenters. The predicted molar refractivity (Wildman–Crippen MR) is 135 cm³/mol. The van der Waals surface area contributed by atoms with Crippen molar-refractivity contribution in [3.05, 3.63) is 76.2 Å². The minimum absolute atomic E-state index is 0.389. The lowest BCUT2D eigenvalue weighted by Gasteiger charge is -2.38. The van der Waals surface area contributed by atoms with E-state index in [2.05, 4.69) is 14.4 Å². The van der Waals surface area contributed by atoms with E-state index in [1.54, 1.807) is 6.21 Å². The summed E-state index contributed by atoms with van der Waals surface area (Å²) in [6, 6.07) is 17.5. The molecule has 0 N–H and O–H groups in total. The molecule has 1 saturated heterocycles. The largest absolute Gasteiger partial charge is 0.591 e. The van der Waals surface area contributed by atoms with Crippen molar-refractivity contribution in [3.63, 3.8) is 0 Å². The Morgan fingerprint density at radius 2 is 1.91 bits per heavy atom. The van der Waals surface area contributed by atoms with Crippen LogP contribution in [-0.4, -0.2) is 39.2 Å². The Morgan fingerprint density at radius 1 is 1.21 bits per heavy atom. The van der Waals surface area contributed by atoms with Crippen molar-refractivity contribution in [1.82, 2.24) is 0 Å². The second-order valence-electron chi connectivity index (χ2n) is 8.86. The van der Waals surface area contributed by atoms with Crippen LogP contribution in [0.15, 0.2) is 69.0 Å². The molecule has 7 nitrogen and oxygen atoms in total. The highest BCUT2D eigenvalue weighted by atomic mass is 32.2. The number of azide groups is 1. The number of hydrogen-bond acceptors (Lipinski definition) is 6. The van der Waals surface area contributed by atoms with E-state index < -0.39 is 39.8 Å². The third kappa shape index (κ3) is 7.78. The van der Waals surface area contributed by atoms with Crippen LogP contribution in [-0.2, 0) is 27.4 Å². The SMILES string of the molecule is Cc1ccc(S[C@@H]2O[C@H](C=N[S+]([O-])C(C)(C)C)[C@@H](OCc3ccccc3)C[C@H]2N=[N+]=[N-])cc1. The molecule has 176 valence electrons. The minimum Gasteiger partial charge on any atom is -0.591 e. The van der Waals surface area contributed by atoms with Crippen LogP contribution < -0.4 is 0 Å². The highest BCUT2D eigenvalue weighted by Crippen LogP contribution is 2.36. The third-order valence-electron chi connectivity index (χ3n) is 5.05. The summed E-state index contributed by atoms with van der Waals surface area (Å²) in [5.74, 6) is 0. The molecular formula is C24H30N4O3S2. The van der Waals surface area contributed by atoms with Gasteiger partial charge in [-0.15, -0.1) is 0 Å². The highest BCUT2D eigenvalue weighted by Gasteiger charge is 2.39. The van der Waals surface area contributed by atoms with Gasteiger partial charge in [-0.05, 0) is 57.3 Å². The van der Waals surface area contributed by atoms with Gasteiger partial charge >= 0.3 is 0 Å². The summed E-state index contributed by atoms with van der Waals surface area (Å²) in [5.41, 5.74) is 10.9. The summed E-state index contributed by atoms with van der Waals surface area (Å²) >= 11 is 0.0885. The lowest BCUT2D eigenvalue weighted by molar-refractivity contribution is -0.0973. The van der Waals surface area contributed by atoms with Crippen LogP contribution in [0.5, 0.6) is 0 Å². The third-order valence-corrected chi connectivity index (χ3v) is 7.62. The molecule has 2 aromatic rings. The number of hydrogen-bond donors (Lipinski definition) is 0. The molecule has 9 heteroatoms. The quantitative estimate of drug-likeness (QED) is 0.150. The number of rotatable bonds is 8. The lowest BCUT2D eigenvalue weighted by Crippen LogP contribution is -2.47. The van der Waals surface area contributed by atoms with E-state index in [0.717, 1.165) is 10.5 Å². The van der Waals surface area contributed by atoms with Crippen molar-refractivity contribution in [1.29, 1.82) is 0 Å². The second-order valence-corrected chi connectivity index (χ2v) is 12.0. The van der Waals surface area contributed by atoms with Gasteiger partial charge in [0.25, 0.3) is 0 Å². The van der Waals surface area contributed by atoms with Gasteiger partial charge < -0.3 is 14.0 Å². The molecule has 2 aromatic carbocycles. The van der Waals surface area contributed by atoms with Gasteiger partial charge in [0.2, 0.25) is 0 Å². The normalized spacial score (nSPS) is 24.4. The average molecular weight is 487 g/mol. The highest BCUT2D eigenvalue weighted by molar-refractivity contribution is 7.99. The Bertz CT molecular complexity index is 960. The monoisotopic (exact) mass is 486 g/mol. The summed E-state index contributed by atoms with van der Waals surface area (Å²) in [4.78, 5) is 4.06. The zero-order valence-electron chi connectivity index (χ0n) is 19.3. The Balaban J connectivity index is 1.81. The van der Waals surface area contributed by atoms with Crippen molar-refractivity contribution < 1.29 is 14.0 Å². The van der Waals surface area contributed by atoms with Gasteiger partial charge in [-0.2, -0.15) is 0 Å². The topological polar surface area (TPSA) is 103 Å². The first kappa shape index (κ1) is 25.6. The molecule has 1 unspecified atom stereocenters. The van der Waals surface area contributed by atoms with E-state index in [9.17, 15) is 4.55 Å². The number of benzene rings is 2. The fourth-order valence-corrected chi connectivity index (χ4v) is 4.80. The molecule has 1 aliphatic rings. The van der Waals surface area contributed by atoms with Crippen molar-refractivity contribution in [2.24, 2.45) is 9.51 Å². The van der Waals surface area contributed by atoms with Crippen LogP contribution in [0, 0.1) is 6.92 Å². The molecule has 3 rings (SSSR count). The van der Waals surface area contributed by atoms with E-state index in [1.165, 1.54) is 17.3 Å². The predicted octanol–water partition coefficient (Wildman–Crippen LogP) is 6.00. The fraction of sp³-hybridized carbons (Fsp3) is 0.458. The van der Waals surface area contributed by atoms with Crippen molar-refractivity contribution >= 4 is 29.3 Å². The molecule has 1 aliphatic heterocycles. The fourth-order valence-electron chi connectivity index (χ4n) is 3.19. The molecule has 1 fully saturated rings. The molecule has 0 aromatic heterocycles. The van der Waals surface area contributed by atoms with Gasteiger partial charge in [0.05, 0.1) is 25.0 Å². The van der Waals surface area contributed by atoms with Gasteiger partial charge in [0.1, 0.15) is 27.6 Å². The lowest BCUT2D eigenvalue weighted by atomic mass is 10.0. The standard InChI is InChI=1S/C24H30N4O3S2/c1-17-10-12-19(13-11-17)32-23-20(27-28-25)14-21(30-16-18-8-6-5-7-9-18)22(31-23)15-26-33(29)24(2,3)4/h5-13,15,20-23H,14,16H2,1-4H3/t20-,21+,22-,23+,33?/m1/s1. The van der Waals surface area contributed by atoms with Crippen LogP contribution in [0.4, 0.5) is 0 Å². The second kappa shape index (κ2) is 11.9. The minimum atomic E-state index is -1.41. The van der Waals surface area contributed by atoms with Gasteiger partial charge in [0, 0.05) is 9.81 Å². The van der Waals surface area contributed by atoms with Crippen LogP contribution >= 0.6 is 11.8 Å². The number of nitrogens with zero attached hydrogens (tertiary/aromatic N) is 4. The Hall–Kier alpha value is -2.00. The molecule has 0 spiro atoms. The van der Waals surface area contributed by atoms with Crippen molar-refractivity contribution in [2.75, 3.05) is 0 Å². The van der Waals surface area contributed by atoms with Crippen LogP contribution in [0.25, 0.3) is 10.4 Å². The maximum Gasteiger partial charge on any atom is 0.144 e. The molecule has 0 bridgehead atoms. The van der Waals surface area contributed by atoms with E-state index in [4.69, 9.17) is 15.0 Å². The zero-order valence-corrected chi connectivity index (χ0v) is 21.0. The average Bonchev–Trinajstić information content (AvgIpc) is 2.79. The van der Waals surface area contributed by atoms with Crippen molar-refractivity contribution in [2.45, 2.75) is 74.1 Å². The molecule has 33 heavy (non-hydrogen) atoms. The molecule has 0 saturated carbocycles. The first-order valence-corrected chi connectivity index (χ1v) is 12.8. The van der Waals surface area contributed by atoms with Gasteiger partial charge in [0.15, 0.2) is 0 Å². The number of ether oxygens (including phenoxy) is 2. The maximum absolute atomic E-state index is 12.5. The summed E-state index contributed by atoms with van der Waals surface area (Å²) in [7, 11) is 0. The van der Waals surface area contributed by atoms with Crippen molar-refractivity contribution in [3.8, 4) is 0 Å². The van der Waals surface area contributed by atoms with E-state index in [0.29, 0.717) is 13.0 Å². The van der Waals surface area contributed by atoms with Crippen LogP contribution in [0.2, 0.25) is 0 Å². The van der Waals surface area contributed by atoms with Gasteiger partial charge in [-0.3, -0.25) is 0 Å². The first-order valence-electron chi connectivity index (χ1n) is 10.8. The van der Waals surface area contributed by atoms with Crippen LogP contribution in [0.1, 0.15) is 38.3 Å². The Kier molecular flexibility index (Phi) is 9.26. The van der Waals surface area contributed by atoms with E-state index >= 15 is 0 Å². The first-order chi connectivity index (χ1) is 15.8. The Morgan fingerprint density at radius 3 is 2.55 bits per heavy atom. The summed E-state index contributed by atoms with van der Waals surface area (Å²) in [6.07, 6.45) is 1.15. The van der Waals surface area contributed by atoms with Gasteiger partial charge in [-0.1, -0.05) is 69.3 Å². The summed E-state index contributed by atoms with van der Waals surface area (Å²) < 4.78 is 28.8. The number of thioether (sulfide) groups is 1. The molecular weight excluding hydrogens is 456 g/mol. The van der Waals surface area contributed by atoms with E-state index in [1.807, 2.05) is 82.3 Å². The summed E-state index contributed by atoms with van der Waals surface area (Å²) in [5, 5.41) is 4.00. The zero-order chi connectivity index (χ0) is 23.8.